The third-order valence-corrected chi connectivity index (χ3v) is 3.25. The fourth-order valence-corrected chi connectivity index (χ4v) is 2.13. The van der Waals surface area contributed by atoms with Gasteiger partial charge in [-0.05, 0) is 35.9 Å². The lowest BCUT2D eigenvalue weighted by Gasteiger charge is -2.04. The van der Waals surface area contributed by atoms with E-state index in [0.717, 1.165) is 0 Å². The van der Waals surface area contributed by atoms with E-state index in [0.29, 0.717) is 5.69 Å². The van der Waals surface area contributed by atoms with E-state index in [1.807, 2.05) is 0 Å². The lowest BCUT2D eigenvalue weighted by atomic mass is 10.3. The van der Waals surface area contributed by atoms with Gasteiger partial charge in [-0.3, -0.25) is 9.80 Å². The van der Waals surface area contributed by atoms with Crippen LogP contribution < -0.4 is 4.72 Å². The number of hydrogen-bond donors (Lipinski definition) is 1. The highest BCUT2D eigenvalue weighted by atomic mass is 35.5. The molecule has 0 heterocycles. The van der Waals surface area contributed by atoms with Crippen molar-refractivity contribution in [1.29, 1.82) is 0 Å². The Hall–Kier alpha value is -1.67. The fourth-order valence-electron chi connectivity index (χ4n) is 0.998. The molecule has 1 rings (SSSR count). The molecular formula is C9H11ClN4O3S. The van der Waals surface area contributed by atoms with E-state index >= 15 is 0 Å². The van der Waals surface area contributed by atoms with Crippen molar-refractivity contribution >= 4 is 32.7 Å². The minimum Gasteiger partial charge on any atom is -0.285 e. The van der Waals surface area contributed by atoms with Gasteiger partial charge in [0.1, 0.15) is 0 Å². The Morgan fingerprint density at radius 1 is 1.28 bits per heavy atom. The Morgan fingerprint density at radius 2 is 1.83 bits per heavy atom. The number of carbonyl (C=O) groups is 1. The number of sulfonamides is 1. The second-order valence-electron chi connectivity index (χ2n) is 3.41. The largest absolute Gasteiger partial charge is 0.327 e. The molecule has 0 bridgehead atoms. The molecule has 0 fully saturated rings. The van der Waals surface area contributed by atoms with Crippen molar-refractivity contribution in [3.8, 4) is 0 Å². The minimum atomic E-state index is -3.92. The van der Waals surface area contributed by atoms with Crippen LogP contribution in [0.2, 0.25) is 0 Å². The van der Waals surface area contributed by atoms with Crippen LogP contribution in [-0.4, -0.2) is 32.9 Å². The predicted molar refractivity (Wildman–Crippen MR) is 66.2 cm³/mol. The summed E-state index contributed by atoms with van der Waals surface area (Å²) in [5, 5.41) is 7.92. The molecule has 18 heavy (non-hydrogen) atoms. The Balaban J connectivity index is 2.93. The maximum absolute atomic E-state index is 11.5. The summed E-state index contributed by atoms with van der Waals surface area (Å²) >= 11 is 4.96. The molecule has 0 saturated carbocycles. The number of rotatable bonds is 4. The number of nitrogens with one attached hydrogen (secondary N) is 1. The van der Waals surface area contributed by atoms with Gasteiger partial charge in [0.25, 0.3) is 10.0 Å². The maximum Gasteiger partial charge on any atom is 0.327 e. The summed E-state index contributed by atoms with van der Waals surface area (Å²) in [6.07, 6.45) is 0. The van der Waals surface area contributed by atoms with E-state index in [4.69, 9.17) is 11.6 Å². The van der Waals surface area contributed by atoms with Gasteiger partial charge in [-0.2, -0.15) is 0 Å². The highest BCUT2D eigenvalue weighted by molar-refractivity contribution is 7.90. The van der Waals surface area contributed by atoms with Crippen LogP contribution in [0.4, 0.5) is 10.5 Å². The maximum atomic E-state index is 11.5. The summed E-state index contributed by atoms with van der Waals surface area (Å²) in [7, 11) is -0.508. The van der Waals surface area contributed by atoms with Gasteiger partial charge in [-0.1, -0.05) is 5.22 Å². The lowest BCUT2D eigenvalue weighted by molar-refractivity contribution is 0.264. The Kier molecular flexibility index (Phi) is 4.62. The normalized spacial score (nSPS) is 11.5. The number of benzene rings is 1. The highest BCUT2D eigenvalue weighted by Gasteiger charge is 2.15. The van der Waals surface area contributed by atoms with E-state index in [-0.39, 0.29) is 4.90 Å². The lowest BCUT2D eigenvalue weighted by Crippen LogP contribution is -2.25. The number of carbonyl (C=O) groups excluding carboxylic acids is 1. The molecule has 7 nitrogen and oxygen atoms in total. The monoisotopic (exact) mass is 290 g/mol. The van der Waals surface area contributed by atoms with Crippen LogP contribution in [-0.2, 0) is 10.0 Å². The topological polar surface area (TPSA) is 91.2 Å². The van der Waals surface area contributed by atoms with E-state index < -0.39 is 15.4 Å². The molecule has 1 N–H and O–H groups in total. The first-order valence-electron chi connectivity index (χ1n) is 4.72. The zero-order chi connectivity index (χ0) is 13.8. The Labute approximate surface area is 109 Å². The second-order valence-corrected chi connectivity index (χ2v) is 5.44. The summed E-state index contributed by atoms with van der Waals surface area (Å²) in [4.78, 5) is 10.4. The number of nitrogens with zero attached hydrogens (tertiary/aromatic N) is 3. The second kappa shape index (κ2) is 5.78. The van der Waals surface area contributed by atoms with Gasteiger partial charge in [0.05, 0.1) is 10.6 Å². The van der Waals surface area contributed by atoms with Crippen LogP contribution >= 0.6 is 11.6 Å². The summed E-state index contributed by atoms with van der Waals surface area (Å²) in [5.74, 6) is 0. The van der Waals surface area contributed by atoms with Crippen molar-refractivity contribution in [2.75, 3.05) is 14.1 Å². The van der Waals surface area contributed by atoms with Crippen LogP contribution in [0.3, 0.4) is 0 Å². The Morgan fingerprint density at radius 3 is 2.28 bits per heavy atom. The van der Waals surface area contributed by atoms with Gasteiger partial charge in [-0.25, -0.2) is 13.1 Å². The van der Waals surface area contributed by atoms with Gasteiger partial charge in [-0.15, -0.1) is 5.11 Å². The molecule has 0 unspecified atom stereocenters. The molecule has 0 radical (unpaired) electrons. The molecule has 0 aliphatic heterocycles. The predicted octanol–water partition coefficient (Wildman–Crippen LogP) is 1.88. The van der Waals surface area contributed by atoms with E-state index in [1.54, 1.807) is 18.8 Å². The van der Waals surface area contributed by atoms with Crippen LogP contribution in [0.15, 0.2) is 39.5 Å². The van der Waals surface area contributed by atoms with Crippen molar-refractivity contribution in [2.45, 2.75) is 4.90 Å². The zero-order valence-corrected chi connectivity index (χ0v) is 11.2. The van der Waals surface area contributed by atoms with E-state index in [1.165, 1.54) is 29.3 Å². The van der Waals surface area contributed by atoms with E-state index in [2.05, 4.69) is 10.3 Å². The quantitative estimate of drug-likeness (QED) is 0.397. The first-order valence-corrected chi connectivity index (χ1v) is 6.59. The first kappa shape index (κ1) is 14.4. The molecule has 1 amide bonds. The zero-order valence-electron chi connectivity index (χ0n) is 9.66. The summed E-state index contributed by atoms with van der Waals surface area (Å²) in [6.45, 7) is 0. The average Bonchev–Trinajstić information content (AvgIpc) is 2.25. The van der Waals surface area contributed by atoms with Crippen LogP contribution in [0.25, 0.3) is 0 Å². The van der Waals surface area contributed by atoms with Gasteiger partial charge in [0.15, 0.2) is 0 Å². The third kappa shape index (κ3) is 4.30. The molecule has 1 aromatic carbocycles. The molecule has 9 heteroatoms. The molecule has 0 atom stereocenters. The summed E-state index contributed by atoms with van der Waals surface area (Å²) in [5.41, 5.74) is 0.486. The molecule has 1 aromatic rings. The molecule has 0 saturated heterocycles. The SMILES string of the molecule is CN(C)N=Nc1ccc(S(=O)(=O)NC(=O)Cl)cc1. The van der Waals surface area contributed by atoms with Crippen LogP contribution in [0, 0.1) is 0 Å². The number of halogens is 1. The van der Waals surface area contributed by atoms with Gasteiger partial charge in [0.2, 0.25) is 0 Å². The number of hydrogen-bond acceptors (Lipinski definition) is 5. The third-order valence-electron chi connectivity index (χ3n) is 1.70. The molecule has 98 valence electrons. The minimum absolute atomic E-state index is 0.0831. The number of amides is 1. The average molecular weight is 291 g/mol. The summed E-state index contributed by atoms with van der Waals surface area (Å²) < 4.78 is 24.7. The molecule has 0 aliphatic carbocycles. The standard InChI is InChI=1S/C9H11ClN4O3S/c1-14(2)13-11-7-3-5-8(6-4-7)18(16,17)12-9(10)15/h3-6H,1-2H3,(H,12,15). The van der Waals surface area contributed by atoms with E-state index in [9.17, 15) is 13.2 Å². The molecular weight excluding hydrogens is 280 g/mol. The molecule has 0 spiro atoms. The summed E-state index contributed by atoms with van der Waals surface area (Å²) in [6, 6.07) is 5.51. The van der Waals surface area contributed by atoms with Crippen molar-refractivity contribution in [1.82, 2.24) is 9.73 Å². The smallest absolute Gasteiger partial charge is 0.285 e. The first-order chi connectivity index (χ1) is 8.31. The fraction of sp³-hybridized carbons (Fsp3) is 0.222. The highest BCUT2D eigenvalue weighted by Crippen LogP contribution is 2.17. The van der Waals surface area contributed by atoms with Crippen LogP contribution in [0.1, 0.15) is 0 Å². The Bertz CT molecular complexity index is 554. The molecule has 0 aromatic heterocycles. The van der Waals surface area contributed by atoms with Gasteiger partial charge >= 0.3 is 5.37 Å². The van der Waals surface area contributed by atoms with Crippen molar-refractivity contribution < 1.29 is 13.2 Å². The van der Waals surface area contributed by atoms with Gasteiger partial charge < -0.3 is 0 Å². The molecule has 0 aliphatic rings. The van der Waals surface area contributed by atoms with Crippen LogP contribution in [0.5, 0.6) is 0 Å². The van der Waals surface area contributed by atoms with Gasteiger partial charge in [0, 0.05) is 14.1 Å². The van der Waals surface area contributed by atoms with Crippen molar-refractivity contribution in [3.63, 3.8) is 0 Å². The van der Waals surface area contributed by atoms with Crippen molar-refractivity contribution in [3.05, 3.63) is 24.3 Å². The van der Waals surface area contributed by atoms with Crippen molar-refractivity contribution in [2.24, 2.45) is 10.3 Å².